The molecular weight excluding hydrogens is 386 g/mol. The Balaban J connectivity index is 1.51. The number of anilines is 1. The van der Waals surface area contributed by atoms with E-state index in [4.69, 9.17) is 9.47 Å². The third kappa shape index (κ3) is 3.66. The topological polar surface area (TPSA) is 89.8 Å². The van der Waals surface area contributed by atoms with Gasteiger partial charge in [-0.15, -0.1) is 0 Å². The molecule has 0 radical (unpaired) electrons. The van der Waals surface area contributed by atoms with Gasteiger partial charge in [-0.1, -0.05) is 6.07 Å². The van der Waals surface area contributed by atoms with E-state index in [0.29, 0.717) is 48.5 Å². The van der Waals surface area contributed by atoms with Crippen LogP contribution in [0.5, 0.6) is 11.5 Å². The lowest BCUT2D eigenvalue weighted by molar-refractivity contribution is -0.132. The number of nitrogens with zero attached hydrogens (tertiary/aromatic N) is 5. The molecule has 1 aliphatic heterocycles. The third-order valence-electron chi connectivity index (χ3n) is 5.25. The first-order valence-corrected chi connectivity index (χ1v) is 9.67. The predicted molar refractivity (Wildman–Crippen MR) is 112 cm³/mol. The molecule has 9 heteroatoms. The van der Waals surface area contributed by atoms with E-state index < -0.39 is 0 Å². The van der Waals surface area contributed by atoms with Crippen LogP contribution >= 0.6 is 0 Å². The second kappa shape index (κ2) is 8.40. The van der Waals surface area contributed by atoms with E-state index in [1.54, 1.807) is 29.4 Å². The Kier molecular flexibility index (Phi) is 5.51. The van der Waals surface area contributed by atoms with Crippen molar-refractivity contribution in [3.63, 3.8) is 0 Å². The standard InChI is InChI=1S/C21H23N5O4/c1-29-16-7-6-15-13-23-26(21(28)19(15)20(16)30-2)14-18(27)25-11-9-24(10-12-25)17-5-3-4-8-22-17/h3-8,13H,9-12,14H2,1-2H3. The van der Waals surface area contributed by atoms with Crippen LogP contribution in [-0.2, 0) is 11.3 Å². The van der Waals surface area contributed by atoms with Gasteiger partial charge in [0, 0.05) is 37.8 Å². The van der Waals surface area contributed by atoms with Gasteiger partial charge in [0.25, 0.3) is 5.56 Å². The lowest BCUT2D eigenvalue weighted by Gasteiger charge is -2.35. The van der Waals surface area contributed by atoms with Crippen molar-refractivity contribution in [1.82, 2.24) is 19.7 Å². The molecule has 1 aromatic carbocycles. The Morgan fingerprint density at radius 3 is 2.53 bits per heavy atom. The van der Waals surface area contributed by atoms with Crippen LogP contribution in [0.2, 0.25) is 0 Å². The highest BCUT2D eigenvalue weighted by Gasteiger charge is 2.23. The normalized spacial score (nSPS) is 14.1. The van der Waals surface area contributed by atoms with E-state index in [1.165, 1.54) is 18.9 Å². The molecule has 1 amide bonds. The summed E-state index contributed by atoms with van der Waals surface area (Å²) in [6, 6.07) is 9.24. The summed E-state index contributed by atoms with van der Waals surface area (Å²) >= 11 is 0. The van der Waals surface area contributed by atoms with Crippen molar-refractivity contribution in [2.24, 2.45) is 0 Å². The van der Waals surface area contributed by atoms with Gasteiger partial charge in [0.2, 0.25) is 5.91 Å². The minimum Gasteiger partial charge on any atom is -0.493 e. The summed E-state index contributed by atoms with van der Waals surface area (Å²) in [6.07, 6.45) is 3.32. The Morgan fingerprint density at radius 1 is 1.07 bits per heavy atom. The molecule has 0 saturated carbocycles. The van der Waals surface area contributed by atoms with Gasteiger partial charge in [0.15, 0.2) is 11.5 Å². The molecule has 3 heterocycles. The summed E-state index contributed by atoms with van der Waals surface area (Å²) in [5.41, 5.74) is -0.385. The van der Waals surface area contributed by atoms with E-state index in [1.807, 2.05) is 18.2 Å². The van der Waals surface area contributed by atoms with Crippen LogP contribution in [0.3, 0.4) is 0 Å². The number of methoxy groups -OCH3 is 2. The number of pyridine rings is 1. The zero-order valence-corrected chi connectivity index (χ0v) is 16.9. The summed E-state index contributed by atoms with van der Waals surface area (Å²) in [4.78, 5) is 34.1. The summed E-state index contributed by atoms with van der Waals surface area (Å²) in [5.74, 6) is 1.55. The lowest BCUT2D eigenvalue weighted by atomic mass is 10.1. The first-order chi connectivity index (χ1) is 14.6. The van der Waals surface area contributed by atoms with E-state index in [2.05, 4.69) is 15.0 Å². The Labute approximate surface area is 173 Å². The molecule has 0 N–H and O–H groups in total. The molecule has 30 heavy (non-hydrogen) atoms. The second-order valence-electron chi connectivity index (χ2n) is 6.93. The molecule has 0 bridgehead atoms. The van der Waals surface area contributed by atoms with Gasteiger partial charge in [-0.05, 0) is 24.3 Å². The molecule has 9 nitrogen and oxygen atoms in total. The largest absolute Gasteiger partial charge is 0.493 e. The number of amides is 1. The molecule has 0 atom stereocenters. The maximum atomic E-state index is 13.0. The molecule has 2 aromatic heterocycles. The highest BCUT2D eigenvalue weighted by Crippen LogP contribution is 2.32. The van der Waals surface area contributed by atoms with Crippen LogP contribution in [0.1, 0.15) is 0 Å². The Morgan fingerprint density at radius 2 is 1.87 bits per heavy atom. The minimum atomic E-state index is -0.385. The minimum absolute atomic E-state index is 0.126. The summed E-state index contributed by atoms with van der Waals surface area (Å²) in [7, 11) is 2.99. The van der Waals surface area contributed by atoms with Gasteiger partial charge in [-0.3, -0.25) is 9.59 Å². The number of aromatic nitrogens is 3. The van der Waals surface area contributed by atoms with Gasteiger partial charge in [0.1, 0.15) is 12.4 Å². The van der Waals surface area contributed by atoms with Crippen LogP contribution in [0, 0.1) is 0 Å². The first kappa shape index (κ1) is 19.7. The zero-order chi connectivity index (χ0) is 21.1. The molecule has 156 valence electrons. The van der Waals surface area contributed by atoms with Crippen molar-refractivity contribution in [2.45, 2.75) is 6.54 Å². The number of rotatable bonds is 5. The number of hydrogen-bond donors (Lipinski definition) is 0. The number of piperazine rings is 1. The summed E-state index contributed by atoms with van der Waals surface area (Å²) < 4.78 is 11.8. The van der Waals surface area contributed by atoms with Crippen LogP contribution in [-0.4, -0.2) is 66.0 Å². The van der Waals surface area contributed by atoms with E-state index in [-0.39, 0.29) is 18.0 Å². The molecule has 0 spiro atoms. The number of carbonyl (C=O) groups is 1. The quantitative estimate of drug-likeness (QED) is 0.625. The van der Waals surface area contributed by atoms with Gasteiger partial charge in [-0.2, -0.15) is 5.10 Å². The molecule has 1 fully saturated rings. The van der Waals surface area contributed by atoms with Gasteiger partial charge >= 0.3 is 0 Å². The van der Waals surface area contributed by atoms with Crippen LogP contribution < -0.4 is 19.9 Å². The van der Waals surface area contributed by atoms with Crippen LogP contribution in [0.4, 0.5) is 5.82 Å². The van der Waals surface area contributed by atoms with E-state index >= 15 is 0 Å². The predicted octanol–water partition coefficient (Wildman–Crippen LogP) is 1.16. The molecule has 0 unspecified atom stereocenters. The molecule has 1 aliphatic rings. The fraction of sp³-hybridized carbons (Fsp3) is 0.333. The highest BCUT2D eigenvalue weighted by molar-refractivity contribution is 5.89. The Hall–Kier alpha value is -3.62. The van der Waals surface area contributed by atoms with Crippen molar-refractivity contribution in [1.29, 1.82) is 0 Å². The number of fused-ring (bicyclic) bond motifs is 1. The first-order valence-electron chi connectivity index (χ1n) is 9.67. The zero-order valence-electron chi connectivity index (χ0n) is 16.9. The lowest BCUT2D eigenvalue weighted by Crippen LogP contribution is -2.50. The summed E-state index contributed by atoms with van der Waals surface area (Å²) in [5, 5.41) is 5.15. The van der Waals surface area contributed by atoms with Crippen molar-refractivity contribution < 1.29 is 14.3 Å². The number of ether oxygens (including phenoxy) is 2. The number of carbonyl (C=O) groups excluding carboxylic acids is 1. The molecule has 1 saturated heterocycles. The Bertz CT molecular complexity index is 1110. The number of benzene rings is 1. The van der Waals surface area contributed by atoms with Crippen molar-refractivity contribution >= 4 is 22.5 Å². The molecule has 3 aromatic rings. The maximum absolute atomic E-state index is 13.0. The van der Waals surface area contributed by atoms with Gasteiger partial charge in [-0.25, -0.2) is 9.67 Å². The molecule has 4 rings (SSSR count). The van der Waals surface area contributed by atoms with E-state index in [9.17, 15) is 9.59 Å². The fourth-order valence-electron chi connectivity index (χ4n) is 3.65. The smallest absolute Gasteiger partial charge is 0.279 e. The maximum Gasteiger partial charge on any atom is 0.279 e. The average Bonchev–Trinajstić information content (AvgIpc) is 2.80. The second-order valence-corrected chi connectivity index (χ2v) is 6.93. The highest BCUT2D eigenvalue weighted by atomic mass is 16.5. The SMILES string of the molecule is COc1ccc2cnn(CC(=O)N3CCN(c4ccccn4)CC3)c(=O)c2c1OC. The van der Waals surface area contributed by atoms with Gasteiger partial charge in [0.05, 0.1) is 25.8 Å². The summed E-state index contributed by atoms with van der Waals surface area (Å²) in [6.45, 7) is 2.38. The fourth-order valence-corrected chi connectivity index (χ4v) is 3.65. The monoisotopic (exact) mass is 409 g/mol. The van der Waals surface area contributed by atoms with Crippen LogP contribution in [0.15, 0.2) is 47.5 Å². The number of hydrogen-bond acceptors (Lipinski definition) is 7. The van der Waals surface area contributed by atoms with Crippen LogP contribution in [0.25, 0.3) is 10.8 Å². The third-order valence-corrected chi connectivity index (χ3v) is 5.25. The van der Waals surface area contributed by atoms with Crippen molar-refractivity contribution in [2.75, 3.05) is 45.3 Å². The molecular formula is C21H23N5O4. The van der Waals surface area contributed by atoms with Gasteiger partial charge < -0.3 is 19.3 Å². The van der Waals surface area contributed by atoms with Crippen molar-refractivity contribution in [3.8, 4) is 11.5 Å². The van der Waals surface area contributed by atoms with Crippen molar-refractivity contribution in [3.05, 3.63) is 53.1 Å². The van der Waals surface area contributed by atoms with E-state index in [0.717, 1.165) is 5.82 Å². The molecule has 0 aliphatic carbocycles. The average molecular weight is 409 g/mol.